The number of aromatic nitrogens is 1. The van der Waals surface area contributed by atoms with Gasteiger partial charge in [0.1, 0.15) is 5.82 Å². The first-order chi connectivity index (χ1) is 16.7. The fourth-order valence-electron chi connectivity index (χ4n) is 5.62. The molecule has 1 saturated heterocycles. The smallest absolute Gasteiger partial charge is 0.295 e. The summed E-state index contributed by atoms with van der Waals surface area (Å²) < 4.78 is 19.5. The highest BCUT2D eigenvalue weighted by molar-refractivity contribution is 5.57. The Balaban J connectivity index is 1.22. The zero-order valence-electron chi connectivity index (χ0n) is 19.4. The first-order valence-corrected chi connectivity index (χ1v) is 12.4. The number of nitrogens with zero attached hydrogens (tertiary/aromatic N) is 3. The van der Waals surface area contributed by atoms with Crippen LogP contribution in [0.25, 0.3) is 11.3 Å². The van der Waals surface area contributed by atoms with E-state index in [9.17, 15) is 4.39 Å². The topological polar surface area (TPSA) is 65.1 Å². The quantitative estimate of drug-likeness (QED) is 0.449. The van der Waals surface area contributed by atoms with Crippen molar-refractivity contribution in [2.45, 2.75) is 51.0 Å². The van der Waals surface area contributed by atoms with Crippen molar-refractivity contribution in [1.29, 1.82) is 5.26 Å². The number of nitrogens with one attached hydrogen (secondary N) is 1. The van der Waals surface area contributed by atoms with E-state index >= 15 is 0 Å². The maximum atomic E-state index is 13.6. The molecule has 34 heavy (non-hydrogen) atoms. The van der Waals surface area contributed by atoms with Crippen LogP contribution in [0.3, 0.4) is 0 Å². The Labute approximate surface area is 200 Å². The van der Waals surface area contributed by atoms with Crippen LogP contribution in [0.1, 0.15) is 50.5 Å². The van der Waals surface area contributed by atoms with E-state index in [1.807, 2.05) is 18.2 Å². The molecule has 3 atom stereocenters. The lowest BCUT2D eigenvalue weighted by atomic mass is 9.77. The fraction of sp³-hybridized carbons (Fsp3) is 0.429. The summed E-state index contributed by atoms with van der Waals surface area (Å²) in [6.45, 7) is 2.14. The van der Waals surface area contributed by atoms with Crippen molar-refractivity contribution in [3.05, 3.63) is 66.1 Å². The van der Waals surface area contributed by atoms with Crippen LogP contribution in [0.2, 0.25) is 0 Å². The third kappa shape index (κ3) is 5.25. The summed E-state index contributed by atoms with van der Waals surface area (Å²) in [5, 5.41) is 12.6. The number of hydrogen-bond donors (Lipinski definition) is 1. The molecule has 6 heteroatoms. The second-order valence-corrected chi connectivity index (χ2v) is 9.68. The van der Waals surface area contributed by atoms with Crippen LogP contribution in [-0.2, 0) is 0 Å². The molecule has 2 aliphatic rings. The molecule has 3 aromatic rings. The van der Waals surface area contributed by atoms with Crippen molar-refractivity contribution in [2.75, 3.05) is 23.3 Å². The lowest BCUT2D eigenvalue weighted by Gasteiger charge is -2.39. The largest absolute Gasteiger partial charge is 0.424 e. The van der Waals surface area contributed by atoms with E-state index in [0.717, 1.165) is 19.5 Å². The van der Waals surface area contributed by atoms with Gasteiger partial charge in [-0.2, -0.15) is 5.26 Å². The standard InChI is InChI=1S/C28H31FN4O/c29-24-8-3-7-23(16-24)27-18-31-28(34-27)32-26-9-2-1-6-22(26)15-21-5-4-14-33(19-21)25-12-10-20(17-30)11-13-25/h3,7-8,10-13,16,18,21-22,26H,1-2,4-6,9,14-15,19H2,(H,31,32)/t21-,22+,26-/m1/s1. The number of piperidine rings is 1. The van der Waals surface area contributed by atoms with Crippen molar-refractivity contribution in [2.24, 2.45) is 11.8 Å². The number of anilines is 2. The molecule has 0 amide bonds. The molecule has 1 aromatic heterocycles. The molecular formula is C28H31FN4O. The Morgan fingerprint density at radius 2 is 1.94 bits per heavy atom. The number of rotatable bonds is 6. The Kier molecular flexibility index (Phi) is 6.80. The van der Waals surface area contributed by atoms with Gasteiger partial charge in [0, 0.05) is 30.4 Å². The summed E-state index contributed by atoms with van der Waals surface area (Å²) in [5.74, 6) is 1.55. The summed E-state index contributed by atoms with van der Waals surface area (Å²) >= 11 is 0. The lowest BCUT2D eigenvalue weighted by molar-refractivity contribution is 0.245. The lowest BCUT2D eigenvalue weighted by Crippen LogP contribution is -2.39. The second-order valence-electron chi connectivity index (χ2n) is 9.68. The minimum atomic E-state index is -0.279. The average molecular weight is 459 g/mol. The van der Waals surface area contributed by atoms with Crippen LogP contribution >= 0.6 is 0 Å². The molecular weight excluding hydrogens is 427 g/mol. The van der Waals surface area contributed by atoms with E-state index < -0.39 is 0 Å². The molecule has 5 nitrogen and oxygen atoms in total. The Bertz CT molecular complexity index is 1140. The van der Waals surface area contributed by atoms with E-state index in [1.54, 1.807) is 12.3 Å². The second kappa shape index (κ2) is 10.3. The van der Waals surface area contributed by atoms with Crippen LogP contribution < -0.4 is 10.2 Å². The molecule has 1 saturated carbocycles. The normalized spacial score (nSPS) is 22.8. The fourth-order valence-corrected chi connectivity index (χ4v) is 5.62. The van der Waals surface area contributed by atoms with Gasteiger partial charge in [-0.3, -0.25) is 0 Å². The maximum Gasteiger partial charge on any atom is 0.295 e. The highest BCUT2D eigenvalue weighted by Crippen LogP contribution is 2.35. The summed E-state index contributed by atoms with van der Waals surface area (Å²) in [7, 11) is 0. The number of benzene rings is 2. The van der Waals surface area contributed by atoms with Crippen molar-refractivity contribution in [3.8, 4) is 17.4 Å². The van der Waals surface area contributed by atoms with Gasteiger partial charge in [0.15, 0.2) is 5.76 Å². The summed E-state index contributed by atoms with van der Waals surface area (Å²) in [6, 6.07) is 17.5. The van der Waals surface area contributed by atoms with Crippen LogP contribution in [-0.4, -0.2) is 24.1 Å². The van der Waals surface area contributed by atoms with Crippen molar-refractivity contribution >= 4 is 11.7 Å². The SMILES string of the molecule is N#Cc1ccc(N2CCC[C@H](C[C@@H]3CCCC[C@H]3Nc3ncc(-c4cccc(F)c4)o3)C2)cc1. The summed E-state index contributed by atoms with van der Waals surface area (Å²) in [5.41, 5.74) is 2.62. The molecule has 0 radical (unpaired) electrons. The van der Waals surface area contributed by atoms with Gasteiger partial charge < -0.3 is 14.6 Å². The van der Waals surface area contributed by atoms with Gasteiger partial charge in [0.2, 0.25) is 0 Å². The van der Waals surface area contributed by atoms with Gasteiger partial charge in [0.25, 0.3) is 6.01 Å². The highest BCUT2D eigenvalue weighted by Gasteiger charge is 2.30. The Morgan fingerprint density at radius 1 is 1.09 bits per heavy atom. The Hall–Kier alpha value is -3.33. The molecule has 1 aliphatic heterocycles. The molecule has 0 spiro atoms. The van der Waals surface area contributed by atoms with Gasteiger partial charge in [-0.05, 0) is 80.3 Å². The number of nitriles is 1. The number of hydrogen-bond acceptors (Lipinski definition) is 5. The first-order valence-electron chi connectivity index (χ1n) is 12.4. The van der Waals surface area contributed by atoms with E-state index in [1.165, 1.54) is 56.3 Å². The van der Waals surface area contributed by atoms with Gasteiger partial charge in [-0.1, -0.05) is 25.0 Å². The molecule has 2 aromatic carbocycles. The zero-order chi connectivity index (χ0) is 23.3. The van der Waals surface area contributed by atoms with Gasteiger partial charge >= 0.3 is 0 Å². The van der Waals surface area contributed by atoms with Crippen molar-refractivity contribution < 1.29 is 8.81 Å². The van der Waals surface area contributed by atoms with Crippen molar-refractivity contribution in [1.82, 2.24) is 4.98 Å². The van der Waals surface area contributed by atoms with E-state index in [2.05, 4.69) is 33.4 Å². The van der Waals surface area contributed by atoms with Gasteiger partial charge in [0.05, 0.1) is 17.8 Å². The summed E-state index contributed by atoms with van der Waals surface area (Å²) in [6.07, 6.45) is 10.2. The minimum Gasteiger partial charge on any atom is -0.424 e. The van der Waals surface area contributed by atoms with Gasteiger partial charge in [-0.15, -0.1) is 0 Å². The van der Waals surface area contributed by atoms with Crippen molar-refractivity contribution in [3.63, 3.8) is 0 Å². The number of oxazole rings is 1. The predicted octanol–water partition coefficient (Wildman–Crippen LogP) is 6.63. The first kappa shape index (κ1) is 22.5. The van der Waals surface area contributed by atoms with Crippen LogP contribution in [0.4, 0.5) is 16.1 Å². The summed E-state index contributed by atoms with van der Waals surface area (Å²) in [4.78, 5) is 6.90. The van der Waals surface area contributed by atoms with Crippen LogP contribution in [0.5, 0.6) is 0 Å². The molecule has 1 N–H and O–H groups in total. The molecule has 2 fully saturated rings. The highest BCUT2D eigenvalue weighted by atomic mass is 19.1. The minimum absolute atomic E-state index is 0.279. The van der Waals surface area contributed by atoms with E-state index in [0.29, 0.717) is 40.8 Å². The predicted molar refractivity (Wildman–Crippen MR) is 132 cm³/mol. The molecule has 0 bridgehead atoms. The molecule has 176 valence electrons. The van der Waals surface area contributed by atoms with E-state index in [-0.39, 0.29) is 5.82 Å². The molecule has 2 heterocycles. The van der Waals surface area contributed by atoms with E-state index in [4.69, 9.17) is 9.68 Å². The molecule has 1 aliphatic carbocycles. The third-order valence-electron chi connectivity index (χ3n) is 7.35. The Morgan fingerprint density at radius 3 is 2.76 bits per heavy atom. The zero-order valence-corrected chi connectivity index (χ0v) is 19.4. The maximum absolute atomic E-state index is 13.6. The van der Waals surface area contributed by atoms with Crippen LogP contribution in [0.15, 0.2) is 59.1 Å². The monoisotopic (exact) mass is 458 g/mol. The average Bonchev–Trinajstić information content (AvgIpc) is 3.34. The molecule has 5 rings (SSSR count). The number of halogens is 1. The third-order valence-corrected chi connectivity index (χ3v) is 7.35. The van der Waals surface area contributed by atoms with Crippen LogP contribution in [0, 0.1) is 29.0 Å². The molecule has 0 unspecified atom stereocenters. The van der Waals surface area contributed by atoms with Gasteiger partial charge in [-0.25, -0.2) is 9.37 Å².